The zero-order valence-electron chi connectivity index (χ0n) is 10.3. The molecule has 3 nitrogen and oxygen atoms in total. The maximum atomic E-state index is 11.8. The van der Waals surface area contributed by atoms with Crippen LogP contribution in [0.5, 0.6) is 0 Å². The third-order valence-electron chi connectivity index (χ3n) is 2.86. The summed E-state index contributed by atoms with van der Waals surface area (Å²) in [5, 5.41) is 0.694. The van der Waals surface area contributed by atoms with Gasteiger partial charge in [0.2, 0.25) is 0 Å². The van der Waals surface area contributed by atoms with Crippen LogP contribution in [0, 0.1) is 0 Å². The van der Waals surface area contributed by atoms with E-state index in [9.17, 15) is 4.79 Å². The fourth-order valence-corrected chi connectivity index (χ4v) is 1.93. The van der Waals surface area contributed by atoms with Gasteiger partial charge in [-0.2, -0.15) is 0 Å². The predicted octanol–water partition coefficient (Wildman–Crippen LogP) is 2.82. The van der Waals surface area contributed by atoms with Gasteiger partial charge in [0.15, 0.2) is 0 Å². The highest BCUT2D eigenvalue weighted by Gasteiger charge is 2.06. The van der Waals surface area contributed by atoms with Crippen molar-refractivity contribution in [1.29, 1.82) is 0 Å². The van der Waals surface area contributed by atoms with E-state index in [0.717, 1.165) is 11.4 Å². The molecule has 0 radical (unpaired) electrons. The molecule has 94 valence electrons. The molecule has 0 aliphatic rings. The highest BCUT2D eigenvalue weighted by atomic mass is 35.5. The lowest BCUT2D eigenvalue weighted by molar-refractivity contribution is -0.118. The lowest BCUT2D eigenvalue weighted by Gasteiger charge is -2.02. The van der Waals surface area contributed by atoms with Crippen LogP contribution in [0.4, 0.5) is 0 Å². The van der Waals surface area contributed by atoms with E-state index < -0.39 is 0 Å². The summed E-state index contributed by atoms with van der Waals surface area (Å²) in [5.41, 5.74) is 1.00. The Morgan fingerprint density at radius 3 is 2.67 bits per heavy atom. The molecule has 1 heterocycles. The number of Topliss-reactive ketones (excluding diaryl/α,β-unsaturated/α-hetero) is 1. The summed E-state index contributed by atoms with van der Waals surface area (Å²) in [5.74, 6) is 1.17. The second kappa shape index (κ2) is 5.83. The number of carbonyl (C=O) groups excluding carboxylic acids is 1. The molecular weight excluding hydrogens is 248 g/mol. The van der Waals surface area contributed by atoms with E-state index in [1.165, 1.54) is 0 Å². The summed E-state index contributed by atoms with van der Waals surface area (Å²) < 4.78 is 1.94. The molecule has 1 aromatic carbocycles. The fraction of sp³-hybridized carbons (Fsp3) is 0.286. The summed E-state index contributed by atoms with van der Waals surface area (Å²) >= 11 is 5.80. The summed E-state index contributed by atoms with van der Waals surface area (Å²) in [6.07, 6.45) is 5.31. The van der Waals surface area contributed by atoms with Gasteiger partial charge in [0.25, 0.3) is 0 Å². The van der Waals surface area contributed by atoms with Crippen molar-refractivity contribution in [2.24, 2.45) is 7.05 Å². The number of rotatable bonds is 5. The van der Waals surface area contributed by atoms with Crippen LogP contribution < -0.4 is 0 Å². The first-order chi connectivity index (χ1) is 8.65. The SMILES string of the molecule is Cn1ccnc1CCC(=O)Cc1ccc(Cl)cc1. The van der Waals surface area contributed by atoms with E-state index in [2.05, 4.69) is 4.98 Å². The molecular formula is C14H15ClN2O. The third-order valence-corrected chi connectivity index (χ3v) is 3.11. The van der Waals surface area contributed by atoms with Gasteiger partial charge >= 0.3 is 0 Å². The van der Waals surface area contributed by atoms with Gasteiger partial charge in [-0.25, -0.2) is 4.98 Å². The molecule has 18 heavy (non-hydrogen) atoms. The van der Waals surface area contributed by atoms with E-state index in [1.54, 1.807) is 6.20 Å². The Bertz CT molecular complexity index is 531. The minimum Gasteiger partial charge on any atom is -0.338 e. The number of ketones is 1. The number of aromatic nitrogens is 2. The number of hydrogen-bond acceptors (Lipinski definition) is 2. The molecule has 0 spiro atoms. The van der Waals surface area contributed by atoms with Crippen molar-refractivity contribution in [2.45, 2.75) is 19.3 Å². The van der Waals surface area contributed by atoms with E-state index in [1.807, 2.05) is 42.1 Å². The Kier molecular flexibility index (Phi) is 4.15. The van der Waals surface area contributed by atoms with Crippen LogP contribution >= 0.6 is 11.6 Å². The van der Waals surface area contributed by atoms with Crippen molar-refractivity contribution in [1.82, 2.24) is 9.55 Å². The summed E-state index contributed by atoms with van der Waals surface area (Å²) in [6, 6.07) is 7.40. The first-order valence-electron chi connectivity index (χ1n) is 5.87. The Balaban J connectivity index is 1.86. The van der Waals surface area contributed by atoms with Gasteiger partial charge in [0, 0.05) is 43.7 Å². The molecule has 0 saturated carbocycles. The van der Waals surface area contributed by atoms with Gasteiger partial charge in [-0.05, 0) is 17.7 Å². The number of hydrogen-bond donors (Lipinski definition) is 0. The van der Waals surface area contributed by atoms with Crippen molar-refractivity contribution in [3.63, 3.8) is 0 Å². The second-order valence-corrected chi connectivity index (χ2v) is 4.73. The van der Waals surface area contributed by atoms with Crippen LogP contribution in [0.25, 0.3) is 0 Å². The van der Waals surface area contributed by atoms with E-state index in [0.29, 0.717) is 24.3 Å². The Morgan fingerprint density at radius 1 is 1.33 bits per heavy atom. The molecule has 2 aromatic rings. The Hall–Kier alpha value is -1.61. The second-order valence-electron chi connectivity index (χ2n) is 4.30. The maximum Gasteiger partial charge on any atom is 0.137 e. The molecule has 2 rings (SSSR count). The van der Waals surface area contributed by atoms with Crippen LogP contribution in [0.2, 0.25) is 5.02 Å². The molecule has 0 aliphatic carbocycles. The lowest BCUT2D eigenvalue weighted by atomic mass is 10.1. The van der Waals surface area contributed by atoms with Gasteiger partial charge in [-0.15, -0.1) is 0 Å². The van der Waals surface area contributed by atoms with Gasteiger partial charge in [0.1, 0.15) is 11.6 Å². The van der Waals surface area contributed by atoms with Crippen molar-refractivity contribution < 1.29 is 4.79 Å². The third kappa shape index (κ3) is 3.44. The van der Waals surface area contributed by atoms with Crippen LogP contribution in [-0.4, -0.2) is 15.3 Å². The largest absolute Gasteiger partial charge is 0.338 e. The Morgan fingerprint density at radius 2 is 2.06 bits per heavy atom. The van der Waals surface area contributed by atoms with Crippen LogP contribution in [0.1, 0.15) is 17.8 Å². The van der Waals surface area contributed by atoms with Crippen molar-refractivity contribution in [3.8, 4) is 0 Å². The molecule has 0 bridgehead atoms. The van der Waals surface area contributed by atoms with Gasteiger partial charge in [-0.1, -0.05) is 23.7 Å². The quantitative estimate of drug-likeness (QED) is 0.831. The zero-order chi connectivity index (χ0) is 13.0. The van der Waals surface area contributed by atoms with Crippen molar-refractivity contribution in [3.05, 3.63) is 53.1 Å². The monoisotopic (exact) mass is 262 g/mol. The molecule has 0 fully saturated rings. The maximum absolute atomic E-state index is 11.8. The van der Waals surface area contributed by atoms with E-state index in [4.69, 9.17) is 11.6 Å². The smallest absolute Gasteiger partial charge is 0.137 e. The first-order valence-corrected chi connectivity index (χ1v) is 6.25. The molecule has 4 heteroatoms. The average molecular weight is 263 g/mol. The summed E-state index contributed by atoms with van der Waals surface area (Å²) in [6.45, 7) is 0. The van der Waals surface area contributed by atoms with Crippen molar-refractivity contribution in [2.75, 3.05) is 0 Å². The normalized spacial score (nSPS) is 10.6. The molecule has 0 amide bonds. The average Bonchev–Trinajstić information content (AvgIpc) is 2.75. The molecule has 1 aromatic heterocycles. The number of benzene rings is 1. The molecule has 0 N–H and O–H groups in total. The number of nitrogens with zero attached hydrogens (tertiary/aromatic N) is 2. The number of imidazole rings is 1. The van der Waals surface area contributed by atoms with Crippen LogP contribution in [-0.2, 0) is 24.7 Å². The van der Waals surface area contributed by atoms with Crippen LogP contribution in [0.15, 0.2) is 36.7 Å². The summed E-state index contributed by atoms with van der Waals surface area (Å²) in [4.78, 5) is 16.0. The highest BCUT2D eigenvalue weighted by molar-refractivity contribution is 6.30. The summed E-state index contributed by atoms with van der Waals surface area (Å²) in [7, 11) is 1.94. The number of aryl methyl sites for hydroxylation is 2. The molecule has 0 atom stereocenters. The minimum absolute atomic E-state index is 0.223. The lowest BCUT2D eigenvalue weighted by Crippen LogP contribution is -2.06. The van der Waals surface area contributed by atoms with E-state index >= 15 is 0 Å². The predicted molar refractivity (Wildman–Crippen MR) is 71.7 cm³/mol. The van der Waals surface area contributed by atoms with Crippen LogP contribution in [0.3, 0.4) is 0 Å². The van der Waals surface area contributed by atoms with Gasteiger partial charge < -0.3 is 4.57 Å². The molecule has 0 aliphatic heterocycles. The molecule has 0 unspecified atom stereocenters. The molecule has 0 saturated heterocycles. The standard InChI is InChI=1S/C14H15ClN2O/c1-17-9-8-16-14(17)7-6-13(18)10-11-2-4-12(15)5-3-11/h2-5,8-9H,6-7,10H2,1H3. The first kappa shape index (κ1) is 12.8. The highest BCUT2D eigenvalue weighted by Crippen LogP contribution is 2.11. The number of halogens is 1. The van der Waals surface area contributed by atoms with Gasteiger partial charge in [0.05, 0.1) is 0 Å². The topological polar surface area (TPSA) is 34.9 Å². The minimum atomic E-state index is 0.223. The van der Waals surface area contributed by atoms with E-state index in [-0.39, 0.29) is 5.78 Å². The van der Waals surface area contributed by atoms with Gasteiger partial charge in [-0.3, -0.25) is 4.79 Å². The van der Waals surface area contributed by atoms with Crippen molar-refractivity contribution >= 4 is 17.4 Å². The Labute approximate surface area is 111 Å². The number of carbonyl (C=O) groups is 1. The zero-order valence-corrected chi connectivity index (χ0v) is 11.0. The fourth-order valence-electron chi connectivity index (χ4n) is 1.81.